The molecule has 5 heteroatoms. The van der Waals surface area contributed by atoms with Crippen molar-refractivity contribution in [3.05, 3.63) is 24.5 Å². The Bertz CT molecular complexity index is 407. The highest BCUT2D eigenvalue weighted by Gasteiger charge is 2.10. The van der Waals surface area contributed by atoms with Gasteiger partial charge < -0.3 is 10.6 Å². The summed E-state index contributed by atoms with van der Waals surface area (Å²) in [6.07, 6.45) is 9.71. The van der Waals surface area contributed by atoms with Gasteiger partial charge >= 0.3 is 0 Å². The van der Waals surface area contributed by atoms with Crippen molar-refractivity contribution in [1.82, 2.24) is 4.98 Å². The van der Waals surface area contributed by atoms with E-state index in [0.717, 1.165) is 25.1 Å². The highest BCUT2D eigenvalue weighted by Crippen LogP contribution is 2.13. The van der Waals surface area contributed by atoms with Crippen LogP contribution in [0.4, 0.5) is 5.69 Å². The molecule has 0 aliphatic heterocycles. The predicted molar refractivity (Wildman–Crippen MR) is 73.0 cm³/mol. The summed E-state index contributed by atoms with van der Waals surface area (Å²) >= 11 is 0. The molecular formula is C13H19N5. The monoisotopic (exact) mass is 245 g/mol. The molecule has 0 bridgehead atoms. The van der Waals surface area contributed by atoms with Crippen molar-refractivity contribution in [1.29, 1.82) is 5.26 Å². The molecule has 0 radical (unpaired) electrons. The smallest absolute Gasteiger partial charge is 0.211 e. The Kier molecular flexibility index (Phi) is 6.26. The molecule has 0 atom stereocenters. The van der Waals surface area contributed by atoms with Crippen molar-refractivity contribution < 1.29 is 0 Å². The SMILES string of the molecule is CCCCCCN(C(N)=NC#N)c1ccncc1. The second-order valence-corrected chi connectivity index (χ2v) is 3.99. The average molecular weight is 245 g/mol. The summed E-state index contributed by atoms with van der Waals surface area (Å²) in [7, 11) is 0. The Morgan fingerprint density at radius 1 is 1.39 bits per heavy atom. The molecule has 0 spiro atoms. The Labute approximate surface area is 108 Å². The van der Waals surface area contributed by atoms with Crippen LogP contribution in [0.15, 0.2) is 29.5 Å². The molecule has 0 aromatic carbocycles. The van der Waals surface area contributed by atoms with Crippen LogP contribution >= 0.6 is 0 Å². The topological polar surface area (TPSA) is 78.3 Å². The number of unbranched alkanes of at least 4 members (excludes halogenated alkanes) is 3. The molecule has 0 aliphatic rings. The number of guanidine groups is 1. The van der Waals surface area contributed by atoms with Crippen molar-refractivity contribution in [3.63, 3.8) is 0 Å². The molecular weight excluding hydrogens is 226 g/mol. The third kappa shape index (κ3) is 4.42. The van der Waals surface area contributed by atoms with Gasteiger partial charge in [-0.05, 0) is 18.6 Å². The lowest BCUT2D eigenvalue weighted by Crippen LogP contribution is -2.38. The Morgan fingerprint density at radius 3 is 2.72 bits per heavy atom. The van der Waals surface area contributed by atoms with Gasteiger partial charge in [0.2, 0.25) is 12.2 Å². The van der Waals surface area contributed by atoms with Crippen LogP contribution in [0.25, 0.3) is 0 Å². The van der Waals surface area contributed by atoms with Gasteiger partial charge in [-0.15, -0.1) is 4.99 Å². The van der Waals surface area contributed by atoms with Crippen LogP contribution in [-0.4, -0.2) is 17.5 Å². The van der Waals surface area contributed by atoms with Gasteiger partial charge in [0.1, 0.15) is 0 Å². The van der Waals surface area contributed by atoms with Crippen molar-refractivity contribution >= 4 is 11.6 Å². The quantitative estimate of drug-likeness (QED) is 0.361. The van der Waals surface area contributed by atoms with Crippen LogP contribution in [0.5, 0.6) is 0 Å². The fourth-order valence-electron chi connectivity index (χ4n) is 1.71. The number of aliphatic imine (C=N–C) groups is 1. The fourth-order valence-corrected chi connectivity index (χ4v) is 1.71. The third-order valence-electron chi connectivity index (χ3n) is 2.65. The van der Waals surface area contributed by atoms with Crippen molar-refractivity contribution in [2.24, 2.45) is 10.7 Å². The normalized spacial score (nSPS) is 11.0. The molecule has 0 saturated heterocycles. The summed E-state index contributed by atoms with van der Waals surface area (Å²) in [4.78, 5) is 9.42. The zero-order chi connectivity index (χ0) is 13.2. The molecule has 2 N–H and O–H groups in total. The lowest BCUT2D eigenvalue weighted by atomic mass is 10.2. The van der Waals surface area contributed by atoms with Gasteiger partial charge in [0, 0.05) is 24.6 Å². The molecule has 0 aliphatic carbocycles. The van der Waals surface area contributed by atoms with Gasteiger partial charge in [0.15, 0.2) is 0 Å². The molecule has 0 saturated carbocycles. The second kappa shape index (κ2) is 8.07. The molecule has 1 aromatic rings. The number of rotatable bonds is 6. The van der Waals surface area contributed by atoms with E-state index in [0.29, 0.717) is 0 Å². The highest BCUT2D eigenvalue weighted by molar-refractivity contribution is 5.95. The maximum absolute atomic E-state index is 8.59. The van der Waals surface area contributed by atoms with Crippen LogP contribution in [0, 0.1) is 11.5 Å². The molecule has 5 nitrogen and oxygen atoms in total. The number of hydrogen-bond donors (Lipinski definition) is 1. The van der Waals surface area contributed by atoms with Crippen LogP contribution in [0.3, 0.4) is 0 Å². The number of hydrogen-bond acceptors (Lipinski definition) is 3. The van der Waals surface area contributed by atoms with Gasteiger partial charge in [-0.1, -0.05) is 26.2 Å². The molecule has 1 aromatic heterocycles. The maximum atomic E-state index is 8.59. The molecule has 18 heavy (non-hydrogen) atoms. The van der Waals surface area contributed by atoms with Crippen molar-refractivity contribution in [2.45, 2.75) is 32.6 Å². The first-order chi connectivity index (χ1) is 8.79. The summed E-state index contributed by atoms with van der Waals surface area (Å²) in [6, 6.07) is 3.72. The standard InChI is InChI=1S/C13H19N5/c1-2-3-4-5-10-18(13(15)17-11-14)12-6-8-16-9-7-12/h6-9H,2-5,10H2,1H3,(H2,15,17). The maximum Gasteiger partial charge on any atom is 0.211 e. The lowest BCUT2D eigenvalue weighted by Gasteiger charge is -2.22. The largest absolute Gasteiger partial charge is 0.369 e. The molecule has 1 rings (SSSR count). The van der Waals surface area contributed by atoms with Gasteiger partial charge in [0.05, 0.1) is 0 Å². The minimum atomic E-state index is 0.236. The highest BCUT2D eigenvalue weighted by atomic mass is 15.3. The van der Waals surface area contributed by atoms with Crippen LogP contribution in [0.1, 0.15) is 32.6 Å². The Morgan fingerprint density at radius 2 is 2.11 bits per heavy atom. The van der Waals surface area contributed by atoms with Crippen molar-refractivity contribution in [2.75, 3.05) is 11.4 Å². The number of pyridine rings is 1. The number of aromatic nitrogens is 1. The minimum Gasteiger partial charge on any atom is -0.369 e. The second-order valence-electron chi connectivity index (χ2n) is 3.99. The van der Waals surface area contributed by atoms with E-state index in [4.69, 9.17) is 11.0 Å². The molecule has 0 unspecified atom stereocenters. The molecule has 0 amide bonds. The fraction of sp³-hybridized carbons (Fsp3) is 0.462. The lowest BCUT2D eigenvalue weighted by molar-refractivity contribution is 0.670. The number of anilines is 1. The average Bonchev–Trinajstić information content (AvgIpc) is 2.40. The Hall–Kier alpha value is -2.09. The van der Waals surface area contributed by atoms with Crippen LogP contribution < -0.4 is 10.6 Å². The first-order valence-electron chi connectivity index (χ1n) is 6.19. The predicted octanol–water partition coefficient (Wildman–Crippen LogP) is 2.26. The van der Waals surface area contributed by atoms with Gasteiger partial charge in [-0.25, -0.2) is 0 Å². The minimum absolute atomic E-state index is 0.236. The van der Waals surface area contributed by atoms with E-state index in [1.54, 1.807) is 18.6 Å². The first kappa shape index (κ1) is 14.0. The van der Waals surface area contributed by atoms with Gasteiger partial charge in [0.25, 0.3) is 0 Å². The summed E-state index contributed by atoms with van der Waals surface area (Å²) in [5.41, 5.74) is 6.72. The molecule has 1 heterocycles. The van der Waals surface area contributed by atoms with Crippen LogP contribution in [0.2, 0.25) is 0 Å². The van der Waals surface area contributed by atoms with Crippen molar-refractivity contribution in [3.8, 4) is 6.19 Å². The van der Waals surface area contributed by atoms with E-state index in [9.17, 15) is 0 Å². The summed E-state index contributed by atoms with van der Waals surface area (Å²) in [5.74, 6) is 0.236. The van der Waals surface area contributed by atoms with E-state index in [-0.39, 0.29) is 5.96 Å². The summed E-state index contributed by atoms with van der Waals surface area (Å²) in [6.45, 7) is 2.94. The van der Waals surface area contributed by atoms with Gasteiger partial charge in [-0.3, -0.25) is 4.98 Å². The van der Waals surface area contributed by atoms with E-state index < -0.39 is 0 Å². The molecule has 0 fully saturated rings. The van der Waals surface area contributed by atoms with E-state index in [1.807, 2.05) is 17.0 Å². The number of nitrogens with two attached hydrogens (primary N) is 1. The first-order valence-corrected chi connectivity index (χ1v) is 6.19. The zero-order valence-corrected chi connectivity index (χ0v) is 10.7. The van der Waals surface area contributed by atoms with Gasteiger partial charge in [-0.2, -0.15) is 5.26 Å². The summed E-state index contributed by atoms with van der Waals surface area (Å²) in [5, 5.41) is 8.59. The summed E-state index contributed by atoms with van der Waals surface area (Å²) < 4.78 is 0. The van der Waals surface area contributed by atoms with Crippen LogP contribution in [-0.2, 0) is 0 Å². The molecule has 96 valence electrons. The Balaban J connectivity index is 2.71. The van der Waals surface area contributed by atoms with E-state index in [2.05, 4.69) is 16.9 Å². The number of nitriles is 1. The van der Waals surface area contributed by atoms with E-state index >= 15 is 0 Å². The number of nitrogens with zero attached hydrogens (tertiary/aromatic N) is 4. The van der Waals surface area contributed by atoms with E-state index in [1.165, 1.54) is 12.8 Å². The zero-order valence-electron chi connectivity index (χ0n) is 10.7. The third-order valence-corrected chi connectivity index (χ3v) is 2.65.